The number of pyridine rings is 2. The van der Waals surface area contributed by atoms with Crippen LogP contribution in [0.4, 0.5) is 50.4 Å². The summed E-state index contributed by atoms with van der Waals surface area (Å²) in [6.45, 7) is 2.18. The Labute approximate surface area is 240 Å². The van der Waals surface area contributed by atoms with Crippen molar-refractivity contribution in [2.24, 2.45) is 0 Å². The zero-order valence-electron chi connectivity index (χ0n) is 21.4. The summed E-state index contributed by atoms with van der Waals surface area (Å²) in [5.41, 5.74) is 7.41. The van der Waals surface area contributed by atoms with Gasteiger partial charge in [-0.05, 0) is 28.7 Å². The molecule has 234 valence electrons. The second-order valence-electron chi connectivity index (χ2n) is 8.72. The molecule has 0 saturated carbocycles. The third-order valence-electron chi connectivity index (χ3n) is 5.02. The molecule has 2 heterocycles. The number of hydrogen-bond acceptors (Lipinski definition) is 0. The molecule has 0 unspecified atom stereocenters. The van der Waals surface area contributed by atoms with Crippen molar-refractivity contribution in [2.45, 2.75) is 18.7 Å². The van der Waals surface area contributed by atoms with Gasteiger partial charge in [-0.15, -0.1) is 0 Å². The van der Waals surface area contributed by atoms with E-state index in [1.165, 1.54) is 27.9 Å². The van der Waals surface area contributed by atoms with Crippen molar-refractivity contribution < 1.29 is 59.5 Å². The van der Waals surface area contributed by atoms with Gasteiger partial charge in [-0.1, -0.05) is 47.1 Å². The Hall–Kier alpha value is -2.76. The summed E-state index contributed by atoms with van der Waals surface area (Å²) in [4.78, 5) is 0. The average molecular weight is 721 g/mol. The van der Waals surface area contributed by atoms with Crippen LogP contribution < -0.4 is 9.13 Å². The van der Waals surface area contributed by atoms with E-state index in [0.29, 0.717) is 0 Å². The molecule has 0 fully saturated rings. The summed E-state index contributed by atoms with van der Waals surface area (Å²) >= 11 is 3.49. The van der Waals surface area contributed by atoms with Crippen molar-refractivity contribution in [1.29, 1.82) is 0 Å². The van der Waals surface area contributed by atoms with Gasteiger partial charge in [-0.2, -0.15) is 9.13 Å². The average Bonchev–Trinajstić information content (AvgIpc) is 2.85. The molecule has 0 saturated heterocycles. The predicted molar refractivity (Wildman–Crippen MR) is 144 cm³/mol. The quantitative estimate of drug-likeness (QED) is 0.0839. The maximum absolute atomic E-state index is 10.7. The Balaban J connectivity index is 0.000000367. The number of alkyl halides is 1. The molecule has 0 atom stereocenters. The molecule has 2 nitrogen and oxygen atoms in total. The summed E-state index contributed by atoms with van der Waals surface area (Å²) < 4.78 is 123. The van der Waals surface area contributed by atoms with E-state index in [2.05, 4.69) is 130 Å². The fraction of sp³-hybridized carbons (Fsp3) is 0.120. The molecule has 0 bridgehead atoms. The molecule has 4 aromatic rings. The number of halogens is 13. The number of aromatic nitrogens is 2. The molecule has 2 aromatic carbocycles. The van der Waals surface area contributed by atoms with Crippen LogP contribution >= 0.6 is 31.5 Å². The van der Waals surface area contributed by atoms with E-state index in [-0.39, 0.29) is 0 Å². The molecule has 0 amide bonds. The van der Waals surface area contributed by atoms with Crippen LogP contribution in [0.25, 0.3) is 22.5 Å². The minimum atomic E-state index is -10.7. The summed E-state index contributed by atoms with van der Waals surface area (Å²) in [5.74, 6) is 0. The Morgan fingerprint density at radius 1 is 0.476 bits per heavy atom. The zero-order chi connectivity index (χ0) is 32.2. The van der Waals surface area contributed by atoms with Gasteiger partial charge in [-0.25, -0.2) is 0 Å². The summed E-state index contributed by atoms with van der Waals surface area (Å²) in [6, 6.07) is 26.0. The fourth-order valence-electron chi connectivity index (χ4n) is 3.24. The monoisotopic (exact) mass is 720 g/mol. The van der Waals surface area contributed by atoms with E-state index < -0.39 is 15.6 Å². The van der Waals surface area contributed by atoms with Crippen LogP contribution in [0.5, 0.6) is 0 Å². The number of nitrogens with zero attached hydrogens (tertiary/aromatic N) is 2. The molecule has 0 N–H and O–H groups in total. The molecular formula is C25H23BrF12N2P2. The van der Waals surface area contributed by atoms with Crippen molar-refractivity contribution in [3.05, 3.63) is 109 Å². The van der Waals surface area contributed by atoms with Crippen molar-refractivity contribution in [1.82, 2.24) is 0 Å². The van der Waals surface area contributed by atoms with Crippen LogP contribution in [-0.4, -0.2) is 0 Å². The van der Waals surface area contributed by atoms with Crippen molar-refractivity contribution in [3.63, 3.8) is 0 Å². The molecular weight excluding hydrogens is 698 g/mol. The summed E-state index contributed by atoms with van der Waals surface area (Å²) in [5, 5.41) is 0.883. The van der Waals surface area contributed by atoms with Crippen LogP contribution in [0.3, 0.4) is 0 Å². The summed E-state index contributed by atoms with van der Waals surface area (Å²) in [6.07, 6.45) is 9.54. The van der Waals surface area contributed by atoms with Crippen LogP contribution in [0.15, 0.2) is 97.6 Å². The first-order valence-electron chi connectivity index (χ1n) is 11.6. The SMILES string of the molecule is CCc1ccc(-[n+]2ccc(-c3cc[n+](-c4ccc(CBr)cc4)cc3)cc2)cc1.F[P-](F)(F)(F)(F)F.F[P-](F)(F)(F)(F)F. The third kappa shape index (κ3) is 17.3. The van der Waals surface area contributed by atoms with Crippen LogP contribution in [0.1, 0.15) is 18.1 Å². The minimum absolute atomic E-state index is 0.883. The molecule has 0 aliphatic rings. The van der Waals surface area contributed by atoms with E-state index in [0.717, 1.165) is 17.4 Å². The fourth-order valence-corrected chi connectivity index (χ4v) is 3.62. The van der Waals surface area contributed by atoms with E-state index in [1.54, 1.807) is 0 Å². The van der Waals surface area contributed by atoms with Gasteiger partial charge in [-0.3, -0.25) is 0 Å². The number of rotatable bonds is 5. The Bertz CT molecular complexity index is 1330. The second-order valence-corrected chi connectivity index (χ2v) is 13.1. The topological polar surface area (TPSA) is 7.76 Å². The van der Waals surface area contributed by atoms with Gasteiger partial charge in [0.05, 0.1) is 0 Å². The summed E-state index contributed by atoms with van der Waals surface area (Å²) in [7, 11) is -21.3. The third-order valence-corrected chi connectivity index (χ3v) is 5.67. The van der Waals surface area contributed by atoms with E-state index in [4.69, 9.17) is 0 Å². The van der Waals surface area contributed by atoms with Gasteiger partial charge in [0, 0.05) is 53.9 Å². The van der Waals surface area contributed by atoms with Crippen molar-refractivity contribution >= 4 is 31.5 Å². The van der Waals surface area contributed by atoms with Crippen molar-refractivity contribution in [2.75, 3.05) is 0 Å². The van der Waals surface area contributed by atoms with Crippen LogP contribution in [0, 0.1) is 0 Å². The van der Waals surface area contributed by atoms with E-state index in [9.17, 15) is 50.4 Å². The van der Waals surface area contributed by atoms with Crippen LogP contribution in [0.2, 0.25) is 0 Å². The Morgan fingerprint density at radius 2 is 0.738 bits per heavy atom. The van der Waals surface area contributed by atoms with Gasteiger partial charge in [0.1, 0.15) is 0 Å². The maximum atomic E-state index is 9.87. The van der Waals surface area contributed by atoms with Gasteiger partial charge in [0.15, 0.2) is 24.8 Å². The number of aryl methyl sites for hydroxylation is 1. The zero-order valence-corrected chi connectivity index (χ0v) is 24.7. The molecule has 4 rings (SSSR count). The second kappa shape index (κ2) is 11.1. The Kier molecular flexibility index (Phi) is 9.33. The number of hydrogen-bond donors (Lipinski definition) is 0. The molecule has 2 aromatic heterocycles. The predicted octanol–water partition coefficient (Wildman–Crippen LogP) is 12.1. The van der Waals surface area contributed by atoms with Gasteiger partial charge >= 0.3 is 66.0 Å². The molecule has 42 heavy (non-hydrogen) atoms. The first kappa shape index (κ1) is 35.4. The molecule has 0 radical (unpaired) electrons. The van der Waals surface area contributed by atoms with Gasteiger partial charge < -0.3 is 0 Å². The number of benzene rings is 2. The first-order chi connectivity index (χ1) is 18.7. The molecule has 0 aliphatic carbocycles. The van der Waals surface area contributed by atoms with E-state index in [1.807, 2.05) is 0 Å². The molecule has 17 heteroatoms. The standard InChI is InChI=1S/C25H23BrN2.2F6P/c1-2-20-3-7-24(8-4-20)27-15-11-22(12-16-27)23-13-17-28(18-14-23)25-9-5-21(19-26)6-10-25;2*1-7(2,3,4,5)6/h3-18H,2,19H2,1H3;;/q+2;2*-1. The van der Waals surface area contributed by atoms with Crippen LogP contribution in [-0.2, 0) is 11.8 Å². The molecule has 0 aliphatic heterocycles. The normalized spacial score (nSPS) is 14.9. The van der Waals surface area contributed by atoms with Gasteiger partial charge in [0.25, 0.3) is 0 Å². The van der Waals surface area contributed by atoms with Crippen molar-refractivity contribution in [3.8, 4) is 22.5 Å². The first-order valence-corrected chi connectivity index (χ1v) is 16.7. The molecule has 0 spiro atoms. The Morgan fingerprint density at radius 3 is 0.976 bits per heavy atom. The van der Waals surface area contributed by atoms with Gasteiger partial charge in [0.2, 0.25) is 11.4 Å². The van der Waals surface area contributed by atoms with E-state index >= 15 is 0 Å².